The minimum atomic E-state index is -0.535. The fourth-order valence-electron chi connectivity index (χ4n) is 2.40. The van der Waals surface area contributed by atoms with Gasteiger partial charge in [-0.25, -0.2) is 0 Å². The lowest BCUT2D eigenvalue weighted by Crippen LogP contribution is -2.50. The number of amides is 1. The first-order valence-corrected chi connectivity index (χ1v) is 6.80. The van der Waals surface area contributed by atoms with Crippen molar-refractivity contribution in [1.82, 2.24) is 4.98 Å². The van der Waals surface area contributed by atoms with E-state index in [2.05, 4.69) is 29.5 Å². The number of hydrogen-bond donors (Lipinski definition) is 2. The molecular weight excluding hydrogens is 250 g/mol. The van der Waals surface area contributed by atoms with Crippen molar-refractivity contribution in [2.24, 2.45) is 5.41 Å². The molecule has 3 rings (SSSR count). The molecule has 20 heavy (non-hydrogen) atoms. The van der Waals surface area contributed by atoms with Crippen LogP contribution in [0.3, 0.4) is 0 Å². The molecule has 0 radical (unpaired) electrons. The molecule has 1 aliphatic rings. The summed E-state index contributed by atoms with van der Waals surface area (Å²) in [5.74, 6) is 0.00540. The van der Waals surface area contributed by atoms with E-state index in [9.17, 15) is 4.79 Å². The third-order valence-corrected chi connectivity index (χ3v) is 4.59. The Hall–Kier alpha value is -2.10. The molecule has 0 saturated heterocycles. The van der Waals surface area contributed by atoms with Gasteiger partial charge in [0.2, 0.25) is 5.91 Å². The number of anilines is 2. The number of nitrogens with zero attached hydrogens (tertiary/aromatic N) is 1. The summed E-state index contributed by atoms with van der Waals surface area (Å²) in [5, 5.41) is 7.56. The number of aromatic nitrogens is 1. The quantitative estimate of drug-likeness (QED) is 0.770. The molecule has 0 bridgehead atoms. The molecule has 1 amide bonds. The van der Waals surface area contributed by atoms with E-state index in [4.69, 9.17) is 0 Å². The lowest BCUT2D eigenvalue weighted by molar-refractivity contribution is -0.126. The summed E-state index contributed by atoms with van der Waals surface area (Å²) in [5.41, 5.74) is 1.70. The van der Waals surface area contributed by atoms with Gasteiger partial charge in [0.15, 0.2) is 0 Å². The zero-order chi connectivity index (χ0) is 14.5. The Bertz CT molecular complexity index is 704. The van der Waals surface area contributed by atoms with Crippen LogP contribution in [-0.4, -0.2) is 16.4 Å². The standard InChI is InChI=1S/C16H19N3O/c1-15(2)14(20)18-12-9-17-11-8-6-5-7-10(11)13(12)19-16(15,3)4/h5-9,19H,1-4H3,(H,18,20). The molecule has 2 aromatic rings. The van der Waals surface area contributed by atoms with Crippen molar-refractivity contribution in [1.29, 1.82) is 0 Å². The van der Waals surface area contributed by atoms with E-state index in [1.165, 1.54) is 0 Å². The van der Waals surface area contributed by atoms with Crippen molar-refractivity contribution in [2.75, 3.05) is 10.6 Å². The van der Waals surface area contributed by atoms with E-state index < -0.39 is 5.41 Å². The van der Waals surface area contributed by atoms with Crippen LogP contribution < -0.4 is 10.6 Å². The maximum Gasteiger partial charge on any atom is 0.232 e. The maximum atomic E-state index is 12.5. The van der Waals surface area contributed by atoms with Gasteiger partial charge < -0.3 is 10.6 Å². The second kappa shape index (κ2) is 3.95. The molecule has 4 heteroatoms. The number of carbonyl (C=O) groups excluding carboxylic acids is 1. The normalized spacial score (nSPS) is 19.7. The van der Waals surface area contributed by atoms with Crippen LogP contribution in [0.4, 0.5) is 11.4 Å². The Labute approximate surface area is 118 Å². The van der Waals surface area contributed by atoms with Gasteiger partial charge in [0.05, 0.1) is 28.5 Å². The van der Waals surface area contributed by atoms with Crippen LogP contribution in [0.25, 0.3) is 10.9 Å². The van der Waals surface area contributed by atoms with Gasteiger partial charge in [-0.3, -0.25) is 9.78 Å². The van der Waals surface area contributed by atoms with Crippen molar-refractivity contribution in [3.8, 4) is 0 Å². The van der Waals surface area contributed by atoms with E-state index in [0.717, 1.165) is 22.3 Å². The van der Waals surface area contributed by atoms with Gasteiger partial charge in [0.1, 0.15) is 0 Å². The van der Waals surface area contributed by atoms with Gasteiger partial charge in [0.25, 0.3) is 0 Å². The van der Waals surface area contributed by atoms with Crippen LogP contribution in [0.1, 0.15) is 27.7 Å². The summed E-state index contributed by atoms with van der Waals surface area (Å²) in [6, 6.07) is 7.94. The highest BCUT2D eigenvalue weighted by molar-refractivity contribution is 6.06. The third kappa shape index (κ3) is 1.68. The van der Waals surface area contributed by atoms with E-state index in [1.807, 2.05) is 38.1 Å². The summed E-state index contributed by atoms with van der Waals surface area (Å²) in [4.78, 5) is 16.9. The molecule has 0 saturated carbocycles. The Balaban J connectivity index is 2.27. The highest BCUT2D eigenvalue weighted by Crippen LogP contribution is 2.42. The summed E-state index contributed by atoms with van der Waals surface area (Å²) in [6.07, 6.45) is 1.72. The molecule has 0 spiro atoms. The van der Waals surface area contributed by atoms with E-state index in [1.54, 1.807) is 6.20 Å². The summed E-state index contributed by atoms with van der Waals surface area (Å²) in [7, 11) is 0. The van der Waals surface area contributed by atoms with Gasteiger partial charge in [-0.05, 0) is 33.8 Å². The Kier molecular flexibility index (Phi) is 2.55. The van der Waals surface area contributed by atoms with Gasteiger partial charge in [-0.15, -0.1) is 0 Å². The van der Waals surface area contributed by atoms with Crippen LogP contribution in [0.5, 0.6) is 0 Å². The summed E-state index contributed by atoms with van der Waals surface area (Å²) in [6.45, 7) is 8.02. The van der Waals surface area contributed by atoms with Crippen molar-refractivity contribution in [3.63, 3.8) is 0 Å². The third-order valence-electron chi connectivity index (χ3n) is 4.59. The van der Waals surface area contributed by atoms with Crippen molar-refractivity contribution in [2.45, 2.75) is 33.2 Å². The fraction of sp³-hybridized carbons (Fsp3) is 0.375. The molecule has 0 atom stereocenters. The number of fused-ring (bicyclic) bond motifs is 3. The number of hydrogen-bond acceptors (Lipinski definition) is 3. The second-order valence-electron chi connectivity index (χ2n) is 6.39. The van der Waals surface area contributed by atoms with Gasteiger partial charge in [-0.1, -0.05) is 18.2 Å². The molecule has 104 valence electrons. The van der Waals surface area contributed by atoms with Crippen LogP contribution >= 0.6 is 0 Å². The first kappa shape index (κ1) is 12.9. The van der Waals surface area contributed by atoms with Crippen LogP contribution in [0.15, 0.2) is 30.5 Å². The van der Waals surface area contributed by atoms with Crippen molar-refractivity contribution in [3.05, 3.63) is 30.5 Å². The van der Waals surface area contributed by atoms with Gasteiger partial charge >= 0.3 is 0 Å². The van der Waals surface area contributed by atoms with Crippen molar-refractivity contribution >= 4 is 28.2 Å². The smallest absolute Gasteiger partial charge is 0.232 e. The molecule has 2 N–H and O–H groups in total. The monoisotopic (exact) mass is 269 g/mol. The average Bonchev–Trinajstić information content (AvgIpc) is 2.46. The number of rotatable bonds is 0. The second-order valence-corrected chi connectivity index (χ2v) is 6.39. The Morgan fingerprint density at radius 2 is 1.80 bits per heavy atom. The highest BCUT2D eigenvalue weighted by Gasteiger charge is 2.45. The van der Waals surface area contributed by atoms with E-state index >= 15 is 0 Å². The molecule has 0 unspecified atom stereocenters. The predicted molar refractivity (Wildman–Crippen MR) is 81.9 cm³/mol. The number of carbonyl (C=O) groups is 1. The highest BCUT2D eigenvalue weighted by atomic mass is 16.2. The first-order chi connectivity index (χ1) is 9.33. The summed E-state index contributed by atoms with van der Waals surface area (Å²) >= 11 is 0. The zero-order valence-electron chi connectivity index (χ0n) is 12.2. The molecule has 1 aliphatic heterocycles. The number of nitrogens with one attached hydrogen (secondary N) is 2. The number of para-hydroxylation sites is 1. The fourth-order valence-corrected chi connectivity index (χ4v) is 2.40. The maximum absolute atomic E-state index is 12.5. The predicted octanol–water partition coefficient (Wildman–Crippen LogP) is 3.40. The number of benzene rings is 1. The average molecular weight is 269 g/mol. The van der Waals surface area contributed by atoms with Crippen LogP contribution in [0.2, 0.25) is 0 Å². The Morgan fingerprint density at radius 3 is 2.55 bits per heavy atom. The Morgan fingerprint density at radius 1 is 1.10 bits per heavy atom. The first-order valence-electron chi connectivity index (χ1n) is 6.80. The SMILES string of the molecule is CC1(C)Nc2c(cnc3ccccc23)NC(=O)C1(C)C. The minimum absolute atomic E-state index is 0.00540. The van der Waals surface area contributed by atoms with Gasteiger partial charge in [0, 0.05) is 10.9 Å². The van der Waals surface area contributed by atoms with Crippen molar-refractivity contribution < 1.29 is 4.79 Å². The molecule has 1 aromatic heterocycles. The number of pyridine rings is 1. The summed E-state index contributed by atoms with van der Waals surface area (Å²) < 4.78 is 0. The minimum Gasteiger partial charge on any atom is -0.377 e. The van der Waals surface area contributed by atoms with E-state index in [-0.39, 0.29) is 11.4 Å². The lowest BCUT2D eigenvalue weighted by atomic mass is 9.74. The van der Waals surface area contributed by atoms with Gasteiger partial charge in [-0.2, -0.15) is 0 Å². The van der Waals surface area contributed by atoms with Crippen LogP contribution in [-0.2, 0) is 4.79 Å². The molecule has 2 heterocycles. The molecular formula is C16H19N3O. The molecule has 1 aromatic carbocycles. The topological polar surface area (TPSA) is 54.0 Å². The molecule has 0 fully saturated rings. The zero-order valence-corrected chi connectivity index (χ0v) is 12.2. The lowest BCUT2D eigenvalue weighted by Gasteiger charge is -2.39. The van der Waals surface area contributed by atoms with Crippen LogP contribution in [0, 0.1) is 5.41 Å². The molecule has 4 nitrogen and oxygen atoms in total. The molecule has 0 aliphatic carbocycles. The largest absolute Gasteiger partial charge is 0.377 e. The van der Waals surface area contributed by atoms with E-state index in [0.29, 0.717) is 0 Å².